The molecule has 0 unspecified atom stereocenters. The standard InChI is InChI=1S/C10H18N2O4/c1-15-8(13)2-5-12-9(14)10(11)3-6-16-7-4-10/h2-7,11H2,1H3,(H,12,14). The highest BCUT2D eigenvalue weighted by Gasteiger charge is 2.35. The normalized spacial score (nSPS) is 18.9. The van der Waals surface area contributed by atoms with Crippen molar-refractivity contribution in [2.75, 3.05) is 26.9 Å². The highest BCUT2D eigenvalue weighted by Crippen LogP contribution is 2.17. The number of esters is 1. The largest absolute Gasteiger partial charge is 0.469 e. The SMILES string of the molecule is COC(=O)CCNC(=O)C1(N)CCOCC1. The zero-order valence-electron chi connectivity index (χ0n) is 9.45. The molecule has 1 fully saturated rings. The second-order valence-electron chi connectivity index (χ2n) is 3.85. The number of amides is 1. The first-order chi connectivity index (χ1) is 7.58. The van der Waals surface area contributed by atoms with Gasteiger partial charge in [-0.15, -0.1) is 0 Å². The number of rotatable bonds is 4. The quantitative estimate of drug-likeness (QED) is 0.615. The van der Waals surface area contributed by atoms with E-state index in [2.05, 4.69) is 10.1 Å². The molecular weight excluding hydrogens is 212 g/mol. The van der Waals surface area contributed by atoms with Crippen molar-refractivity contribution in [1.29, 1.82) is 0 Å². The van der Waals surface area contributed by atoms with Crippen LogP contribution in [0.15, 0.2) is 0 Å². The Bertz CT molecular complexity index is 262. The molecule has 0 atom stereocenters. The van der Waals surface area contributed by atoms with Crippen LogP contribution in [-0.4, -0.2) is 44.3 Å². The summed E-state index contributed by atoms with van der Waals surface area (Å²) in [5.41, 5.74) is 5.09. The minimum Gasteiger partial charge on any atom is -0.469 e. The van der Waals surface area contributed by atoms with Gasteiger partial charge in [0.25, 0.3) is 0 Å². The third-order valence-corrected chi connectivity index (χ3v) is 2.68. The highest BCUT2D eigenvalue weighted by atomic mass is 16.5. The first-order valence-electron chi connectivity index (χ1n) is 5.30. The third-order valence-electron chi connectivity index (χ3n) is 2.68. The lowest BCUT2D eigenvalue weighted by atomic mass is 9.90. The maximum atomic E-state index is 11.7. The molecule has 0 saturated carbocycles. The number of hydrogen-bond acceptors (Lipinski definition) is 5. The average Bonchev–Trinajstić information content (AvgIpc) is 2.29. The van der Waals surface area contributed by atoms with Gasteiger partial charge in [0.05, 0.1) is 19.1 Å². The molecule has 0 bridgehead atoms. The number of nitrogens with one attached hydrogen (secondary N) is 1. The maximum absolute atomic E-state index is 11.7. The van der Waals surface area contributed by atoms with Gasteiger partial charge in [0, 0.05) is 19.8 Å². The van der Waals surface area contributed by atoms with E-state index < -0.39 is 5.54 Å². The molecule has 1 saturated heterocycles. The molecule has 0 radical (unpaired) electrons. The molecule has 1 aliphatic heterocycles. The molecule has 0 aromatic carbocycles. The molecule has 1 aliphatic rings. The van der Waals surface area contributed by atoms with E-state index in [0.29, 0.717) is 26.1 Å². The molecule has 0 aromatic heterocycles. The summed E-state index contributed by atoms with van der Waals surface area (Å²) in [6.45, 7) is 1.26. The fraction of sp³-hybridized carbons (Fsp3) is 0.800. The molecule has 3 N–H and O–H groups in total. The molecule has 0 spiro atoms. The maximum Gasteiger partial charge on any atom is 0.307 e. The van der Waals surface area contributed by atoms with Gasteiger partial charge in [0.2, 0.25) is 5.91 Å². The van der Waals surface area contributed by atoms with Crippen LogP contribution >= 0.6 is 0 Å². The zero-order chi connectivity index (χ0) is 12.0. The lowest BCUT2D eigenvalue weighted by Gasteiger charge is -2.31. The van der Waals surface area contributed by atoms with Crippen LogP contribution in [0.5, 0.6) is 0 Å². The fourth-order valence-electron chi connectivity index (χ4n) is 1.52. The van der Waals surface area contributed by atoms with Crippen LogP contribution in [-0.2, 0) is 19.1 Å². The second-order valence-corrected chi connectivity index (χ2v) is 3.85. The van der Waals surface area contributed by atoms with Gasteiger partial charge in [-0.1, -0.05) is 0 Å². The lowest BCUT2D eigenvalue weighted by Crippen LogP contribution is -2.57. The van der Waals surface area contributed by atoms with Crippen molar-refractivity contribution in [2.45, 2.75) is 24.8 Å². The van der Waals surface area contributed by atoms with Crippen molar-refractivity contribution in [2.24, 2.45) is 5.73 Å². The lowest BCUT2D eigenvalue weighted by molar-refractivity contribution is -0.140. The average molecular weight is 230 g/mol. The van der Waals surface area contributed by atoms with E-state index >= 15 is 0 Å². The summed E-state index contributed by atoms with van der Waals surface area (Å²) in [6, 6.07) is 0. The first kappa shape index (κ1) is 12.9. The number of nitrogens with two attached hydrogens (primary N) is 1. The highest BCUT2D eigenvalue weighted by molar-refractivity contribution is 5.86. The van der Waals surface area contributed by atoms with Gasteiger partial charge in [-0.25, -0.2) is 0 Å². The Kier molecular flexibility index (Phi) is 4.70. The molecule has 0 aliphatic carbocycles. The van der Waals surface area contributed by atoms with Crippen molar-refractivity contribution >= 4 is 11.9 Å². The van der Waals surface area contributed by atoms with Crippen LogP contribution in [0.25, 0.3) is 0 Å². The molecular formula is C10H18N2O4. The topological polar surface area (TPSA) is 90.7 Å². The number of ether oxygens (including phenoxy) is 2. The number of carbonyl (C=O) groups is 2. The summed E-state index contributed by atoms with van der Waals surface area (Å²) in [6.07, 6.45) is 1.18. The molecule has 1 heterocycles. The molecule has 92 valence electrons. The fourth-order valence-corrected chi connectivity index (χ4v) is 1.52. The first-order valence-corrected chi connectivity index (χ1v) is 5.30. The van der Waals surface area contributed by atoms with Gasteiger partial charge in [-0.05, 0) is 12.8 Å². The predicted octanol–water partition coefficient (Wildman–Crippen LogP) is -0.826. The second kappa shape index (κ2) is 5.81. The van der Waals surface area contributed by atoms with Crippen molar-refractivity contribution < 1.29 is 19.1 Å². The van der Waals surface area contributed by atoms with E-state index in [-0.39, 0.29) is 24.8 Å². The van der Waals surface area contributed by atoms with E-state index in [1.54, 1.807) is 0 Å². The van der Waals surface area contributed by atoms with Gasteiger partial charge in [0.1, 0.15) is 0 Å². The molecule has 1 amide bonds. The smallest absolute Gasteiger partial charge is 0.307 e. The van der Waals surface area contributed by atoms with Crippen molar-refractivity contribution in [3.05, 3.63) is 0 Å². The van der Waals surface area contributed by atoms with Crippen LogP contribution in [0.2, 0.25) is 0 Å². The minimum absolute atomic E-state index is 0.162. The summed E-state index contributed by atoms with van der Waals surface area (Å²) in [5, 5.41) is 2.64. The van der Waals surface area contributed by atoms with Gasteiger partial charge in [-0.2, -0.15) is 0 Å². The summed E-state index contributed by atoms with van der Waals surface area (Å²) in [7, 11) is 1.31. The van der Waals surface area contributed by atoms with Crippen LogP contribution in [0.4, 0.5) is 0 Å². The Morgan fingerprint density at radius 2 is 2.06 bits per heavy atom. The van der Waals surface area contributed by atoms with Gasteiger partial charge in [0.15, 0.2) is 0 Å². The Morgan fingerprint density at radius 1 is 1.44 bits per heavy atom. The zero-order valence-corrected chi connectivity index (χ0v) is 9.45. The molecule has 6 nitrogen and oxygen atoms in total. The van der Waals surface area contributed by atoms with Crippen LogP contribution in [0, 0.1) is 0 Å². The van der Waals surface area contributed by atoms with Gasteiger partial charge < -0.3 is 20.5 Å². The van der Waals surface area contributed by atoms with Crippen molar-refractivity contribution in [3.63, 3.8) is 0 Å². The Morgan fingerprint density at radius 3 is 2.62 bits per heavy atom. The number of methoxy groups -OCH3 is 1. The monoisotopic (exact) mass is 230 g/mol. The molecule has 1 rings (SSSR count). The summed E-state index contributed by atoms with van der Waals surface area (Å²) >= 11 is 0. The Hall–Kier alpha value is -1.14. The van der Waals surface area contributed by atoms with Crippen LogP contribution in [0.1, 0.15) is 19.3 Å². The van der Waals surface area contributed by atoms with E-state index in [0.717, 1.165) is 0 Å². The Balaban J connectivity index is 2.31. The summed E-state index contributed by atoms with van der Waals surface area (Å²) < 4.78 is 9.60. The van der Waals surface area contributed by atoms with Crippen molar-refractivity contribution in [1.82, 2.24) is 5.32 Å². The van der Waals surface area contributed by atoms with E-state index in [1.165, 1.54) is 7.11 Å². The summed E-state index contributed by atoms with van der Waals surface area (Å²) in [4.78, 5) is 22.6. The van der Waals surface area contributed by atoms with Crippen molar-refractivity contribution in [3.8, 4) is 0 Å². The van der Waals surface area contributed by atoms with E-state index in [9.17, 15) is 9.59 Å². The molecule has 6 heteroatoms. The van der Waals surface area contributed by atoms with Gasteiger partial charge in [-0.3, -0.25) is 9.59 Å². The predicted molar refractivity (Wildman–Crippen MR) is 56.6 cm³/mol. The Labute approximate surface area is 94.5 Å². The van der Waals surface area contributed by atoms with Crippen LogP contribution < -0.4 is 11.1 Å². The van der Waals surface area contributed by atoms with Crippen LogP contribution in [0.3, 0.4) is 0 Å². The molecule has 0 aromatic rings. The van der Waals surface area contributed by atoms with Gasteiger partial charge >= 0.3 is 5.97 Å². The van der Waals surface area contributed by atoms with E-state index in [1.807, 2.05) is 0 Å². The summed E-state index contributed by atoms with van der Waals surface area (Å²) in [5.74, 6) is -0.571. The minimum atomic E-state index is -0.853. The number of hydrogen-bond donors (Lipinski definition) is 2. The van der Waals surface area contributed by atoms with E-state index in [4.69, 9.17) is 10.5 Å². The number of carbonyl (C=O) groups excluding carboxylic acids is 2. The molecule has 16 heavy (non-hydrogen) atoms. The third kappa shape index (κ3) is 3.46.